The van der Waals surface area contributed by atoms with Crippen molar-refractivity contribution in [3.05, 3.63) is 77.4 Å². The van der Waals surface area contributed by atoms with Crippen LogP contribution in [0.2, 0.25) is 0 Å². The molecule has 4 rings (SSSR count). The number of halogens is 3. The number of benzene rings is 3. The second kappa shape index (κ2) is 11.2. The number of carbonyl (C=O) groups is 2. The molecular weight excluding hydrogens is 603 g/mol. The van der Waals surface area contributed by atoms with E-state index in [1.807, 2.05) is 10.0 Å². The van der Waals surface area contributed by atoms with Crippen LogP contribution in [0.5, 0.6) is 5.75 Å². The average molecular weight is 628 g/mol. The fraction of sp³-hybridized carbons (Fsp3) is 0.231. The normalized spacial score (nSPS) is 15.4. The maximum atomic E-state index is 13.6. The van der Waals surface area contributed by atoms with Gasteiger partial charge in [-0.1, -0.05) is 18.2 Å². The minimum Gasteiger partial charge on any atom is -0.486 e. The van der Waals surface area contributed by atoms with Gasteiger partial charge in [0.25, 0.3) is 20.0 Å². The number of sulfonamides is 2. The number of carbonyl (C=O) groups excluding carboxylic acids is 1. The Morgan fingerprint density at radius 2 is 1.74 bits per heavy atom. The molecule has 0 saturated carbocycles. The van der Waals surface area contributed by atoms with Crippen molar-refractivity contribution in [1.82, 2.24) is 4.72 Å². The van der Waals surface area contributed by atoms with Gasteiger partial charge >= 0.3 is 12.3 Å². The Hall–Kier alpha value is -4.31. The molecule has 11 nitrogen and oxygen atoms in total. The number of hydrogen-bond acceptors (Lipinski definition) is 7. The van der Waals surface area contributed by atoms with E-state index in [0.29, 0.717) is 27.6 Å². The largest absolute Gasteiger partial charge is 0.486 e. The molecule has 0 saturated heterocycles. The van der Waals surface area contributed by atoms with E-state index in [4.69, 9.17) is 9.84 Å². The zero-order valence-electron chi connectivity index (χ0n) is 22.0. The summed E-state index contributed by atoms with van der Waals surface area (Å²) in [4.78, 5) is 23.1. The van der Waals surface area contributed by atoms with Crippen LogP contribution in [0.3, 0.4) is 0 Å². The van der Waals surface area contributed by atoms with E-state index in [-0.39, 0.29) is 22.0 Å². The topological polar surface area (TPSA) is 159 Å². The lowest BCUT2D eigenvalue weighted by Gasteiger charge is -2.35. The van der Waals surface area contributed by atoms with Gasteiger partial charge in [-0.3, -0.25) is 14.4 Å². The highest BCUT2D eigenvalue weighted by Crippen LogP contribution is 2.40. The number of aryl methyl sites for hydroxylation is 2. The summed E-state index contributed by atoms with van der Waals surface area (Å²) in [5.41, 5.74) is -0.477. The number of hydrogen-bond donors (Lipinski definition) is 3. The molecule has 1 atom stereocenters. The van der Waals surface area contributed by atoms with Crippen LogP contribution >= 0.6 is 0 Å². The van der Waals surface area contributed by atoms with Gasteiger partial charge in [-0.2, -0.15) is 13.2 Å². The summed E-state index contributed by atoms with van der Waals surface area (Å²) < 4.78 is 101. The average Bonchev–Trinajstić information content (AvgIpc) is 2.88. The number of ether oxygens (including phenoxy) is 1. The summed E-state index contributed by atoms with van der Waals surface area (Å²) in [5, 5.41) is 11.1. The van der Waals surface area contributed by atoms with Gasteiger partial charge in [0, 0.05) is 5.69 Å². The fourth-order valence-electron chi connectivity index (χ4n) is 4.26. The van der Waals surface area contributed by atoms with E-state index in [0.717, 1.165) is 18.2 Å². The van der Waals surface area contributed by atoms with Crippen molar-refractivity contribution in [3.8, 4) is 5.75 Å². The molecule has 0 bridgehead atoms. The molecule has 1 aliphatic heterocycles. The number of amides is 2. The maximum absolute atomic E-state index is 13.6. The summed E-state index contributed by atoms with van der Waals surface area (Å²) in [6.07, 6.45) is -8.22. The summed E-state index contributed by atoms with van der Waals surface area (Å²) >= 11 is 0. The van der Waals surface area contributed by atoms with Crippen molar-refractivity contribution in [1.29, 1.82) is 0 Å². The molecule has 224 valence electrons. The van der Waals surface area contributed by atoms with E-state index in [1.54, 1.807) is 26.0 Å². The minimum absolute atomic E-state index is 0.0649. The standard InChI is InChI=1S/C26H24F3N3O8S2/c1-15-6-7-16(2)23(10-15)41(36,37)31-24(33)13-19-14-32(21-12-18(30-25(34)35)8-9-22(21)40-19)42(38,39)20-5-3-4-17(11-20)26(27,28)29/h3-12,19,30H,13-14H2,1-2H3,(H,31,33)(H,34,35). The van der Waals surface area contributed by atoms with E-state index in [2.05, 4.69) is 0 Å². The number of alkyl halides is 3. The van der Waals surface area contributed by atoms with Gasteiger partial charge in [0.15, 0.2) is 0 Å². The van der Waals surface area contributed by atoms with Crippen LogP contribution in [0.1, 0.15) is 23.1 Å². The van der Waals surface area contributed by atoms with Gasteiger partial charge in [-0.05, 0) is 67.4 Å². The second-order valence-corrected chi connectivity index (χ2v) is 12.9. The smallest absolute Gasteiger partial charge is 0.416 e. The van der Waals surface area contributed by atoms with Crippen molar-refractivity contribution in [3.63, 3.8) is 0 Å². The number of fused-ring (bicyclic) bond motifs is 1. The first-order chi connectivity index (χ1) is 19.5. The van der Waals surface area contributed by atoms with Gasteiger partial charge in [0.05, 0.1) is 34.0 Å². The molecule has 0 radical (unpaired) electrons. The van der Waals surface area contributed by atoms with Crippen molar-refractivity contribution < 1.29 is 49.4 Å². The summed E-state index contributed by atoms with van der Waals surface area (Å²) in [7, 11) is -9.03. The molecular formula is C26H24F3N3O8S2. The van der Waals surface area contributed by atoms with Gasteiger partial charge in [0.1, 0.15) is 11.9 Å². The Morgan fingerprint density at radius 3 is 2.40 bits per heavy atom. The monoisotopic (exact) mass is 627 g/mol. The summed E-state index contributed by atoms with van der Waals surface area (Å²) in [5.74, 6) is -1.16. The highest BCUT2D eigenvalue weighted by atomic mass is 32.2. The van der Waals surface area contributed by atoms with Gasteiger partial charge in [-0.25, -0.2) is 26.4 Å². The quantitative estimate of drug-likeness (QED) is 0.350. The SMILES string of the molecule is Cc1ccc(C)c(S(=O)(=O)NC(=O)CC2CN(S(=O)(=O)c3cccc(C(F)(F)F)c3)c3cc(NC(=O)O)ccc3O2)c1. The van der Waals surface area contributed by atoms with Crippen LogP contribution in [0, 0.1) is 13.8 Å². The van der Waals surface area contributed by atoms with Crippen LogP contribution in [0.15, 0.2) is 70.5 Å². The third-order valence-electron chi connectivity index (χ3n) is 6.19. The van der Waals surface area contributed by atoms with Crippen LogP contribution in [-0.4, -0.2) is 46.6 Å². The van der Waals surface area contributed by atoms with Gasteiger partial charge in [-0.15, -0.1) is 0 Å². The van der Waals surface area contributed by atoms with Gasteiger partial charge in [0.2, 0.25) is 5.91 Å². The first kappa shape index (κ1) is 30.6. The molecule has 1 aliphatic rings. The second-order valence-electron chi connectivity index (χ2n) is 9.42. The molecule has 0 aliphatic carbocycles. The lowest BCUT2D eigenvalue weighted by Crippen LogP contribution is -2.46. The minimum atomic E-state index is -4.84. The van der Waals surface area contributed by atoms with Crippen LogP contribution in [0.25, 0.3) is 0 Å². The molecule has 0 aromatic heterocycles. The highest BCUT2D eigenvalue weighted by molar-refractivity contribution is 7.92. The first-order valence-electron chi connectivity index (χ1n) is 12.1. The van der Waals surface area contributed by atoms with Crippen molar-refractivity contribution in [2.75, 3.05) is 16.2 Å². The Morgan fingerprint density at radius 1 is 1.02 bits per heavy atom. The van der Waals surface area contributed by atoms with E-state index in [9.17, 15) is 39.6 Å². The van der Waals surface area contributed by atoms with Crippen molar-refractivity contribution in [2.45, 2.75) is 42.3 Å². The Bertz CT molecular complexity index is 1780. The number of nitrogens with zero attached hydrogens (tertiary/aromatic N) is 1. The Balaban J connectivity index is 1.68. The molecule has 1 heterocycles. The maximum Gasteiger partial charge on any atom is 0.416 e. The molecule has 42 heavy (non-hydrogen) atoms. The molecule has 2 amide bonds. The van der Waals surface area contributed by atoms with E-state index in [1.165, 1.54) is 18.2 Å². The van der Waals surface area contributed by atoms with Crippen LogP contribution < -0.4 is 19.1 Å². The third kappa shape index (κ3) is 6.60. The fourth-order valence-corrected chi connectivity index (χ4v) is 7.13. The van der Waals surface area contributed by atoms with Crippen molar-refractivity contribution in [2.24, 2.45) is 0 Å². The lowest BCUT2D eigenvalue weighted by molar-refractivity contribution is -0.137. The molecule has 0 spiro atoms. The zero-order valence-corrected chi connectivity index (χ0v) is 23.6. The number of nitrogens with one attached hydrogen (secondary N) is 2. The Kier molecular flexibility index (Phi) is 8.15. The molecule has 3 aromatic carbocycles. The van der Waals surface area contributed by atoms with E-state index < -0.39 is 67.8 Å². The summed E-state index contributed by atoms with van der Waals surface area (Å²) in [6, 6.07) is 11.2. The number of anilines is 2. The number of rotatable bonds is 7. The summed E-state index contributed by atoms with van der Waals surface area (Å²) in [6.45, 7) is 2.60. The van der Waals surface area contributed by atoms with Crippen LogP contribution in [0.4, 0.5) is 29.3 Å². The first-order valence-corrected chi connectivity index (χ1v) is 15.0. The van der Waals surface area contributed by atoms with Crippen molar-refractivity contribution >= 4 is 43.4 Å². The van der Waals surface area contributed by atoms with Crippen LogP contribution in [-0.2, 0) is 31.0 Å². The van der Waals surface area contributed by atoms with E-state index >= 15 is 0 Å². The predicted molar refractivity (Wildman–Crippen MR) is 144 cm³/mol. The Labute approximate surface area is 239 Å². The predicted octanol–water partition coefficient (Wildman–Crippen LogP) is 4.26. The third-order valence-corrected chi connectivity index (χ3v) is 9.48. The lowest BCUT2D eigenvalue weighted by atomic mass is 10.1. The van der Waals surface area contributed by atoms with Gasteiger partial charge < -0.3 is 9.84 Å². The molecule has 3 N–H and O–H groups in total. The molecule has 3 aromatic rings. The number of carboxylic acid groups (broad SMARTS) is 1. The highest BCUT2D eigenvalue weighted by Gasteiger charge is 2.38. The molecule has 1 unspecified atom stereocenters. The molecule has 0 fully saturated rings. The molecule has 16 heteroatoms. The zero-order chi connectivity index (χ0) is 31.0.